The molecule has 3 aromatic rings. The topological polar surface area (TPSA) is 61.2 Å². The average molecular weight is 387 g/mol. The fourth-order valence-corrected chi connectivity index (χ4v) is 3.38. The molecule has 2 aromatic carbocycles. The van der Waals surface area contributed by atoms with Crippen LogP contribution in [0.2, 0.25) is 5.02 Å². The molecule has 1 aliphatic heterocycles. The zero-order valence-electron chi connectivity index (χ0n) is 14.6. The van der Waals surface area contributed by atoms with E-state index < -0.39 is 11.9 Å². The normalized spacial score (nSPS) is 15.6. The van der Waals surface area contributed by atoms with Crippen molar-refractivity contribution in [2.24, 2.45) is 0 Å². The van der Waals surface area contributed by atoms with Gasteiger partial charge >= 0.3 is 0 Å². The van der Waals surface area contributed by atoms with Crippen molar-refractivity contribution in [3.8, 4) is 11.5 Å². The number of rotatable bonds is 4. The van der Waals surface area contributed by atoms with Gasteiger partial charge in [0.15, 0.2) is 11.5 Å². The van der Waals surface area contributed by atoms with Gasteiger partial charge < -0.3 is 14.8 Å². The van der Waals surface area contributed by atoms with Crippen molar-refractivity contribution in [1.29, 1.82) is 0 Å². The Hall–Kier alpha value is -3.06. The number of allylic oxidation sites excluding steroid dienone is 1. The van der Waals surface area contributed by atoms with Crippen molar-refractivity contribution in [3.63, 3.8) is 0 Å². The quantitative estimate of drug-likeness (QED) is 0.730. The van der Waals surface area contributed by atoms with Crippen LogP contribution in [0.15, 0.2) is 48.8 Å². The molecule has 1 unspecified atom stereocenters. The van der Waals surface area contributed by atoms with Crippen LogP contribution < -0.4 is 14.8 Å². The van der Waals surface area contributed by atoms with Crippen LogP contribution >= 0.6 is 11.6 Å². The Kier molecular flexibility index (Phi) is 4.45. The summed E-state index contributed by atoms with van der Waals surface area (Å²) in [7, 11) is 3.15. The van der Waals surface area contributed by atoms with Crippen molar-refractivity contribution >= 4 is 23.2 Å². The summed E-state index contributed by atoms with van der Waals surface area (Å²) < 4.78 is 26.8. The van der Waals surface area contributed by atoms with E-state index in [4.69, 9.17) is 21.1 Å². The molecule has 0 saturated heterocycles. The minimum absolute atomic E-state index is 0.325. The number of hydrogen-bond acceptors (Lipinski definition) is 5. The monoisotopic (exact) mass is 386 g/mol. The highest BCUT2D eigenvalue weighted by Crippen LogP contribution is 2.38. The number of anilines is 1. The third kappa shape index (κ3) is 3.00. The molecule has 0 fully saturated rings. The largest absolute Gasteiger partial charge is 0.493 e. The van der Waals surface area contributed by atoms with Crippen LogP contribution in [0, 0.1) is 5.82 Å². The number of benzene rings is 2. The van der Waals surface area contributed by atoms with E-state index in [2.05, 4.69) is 15.4 Å². The molecule has 0 spiro atoms. The SMILES string of the molecule is COc1ccc(C2=CC(c3c(F)cccc3Cl)n3ncnc3N2)cc1OC. The number of fused-ring (bicyclic) bond motifs is 1. The molecule has 0 bridgehead atoms. The fourth-order valence-electron chi connectivity index (χ4n) is 3.10. The van der Waals surface area contributed by atoms with E-state index in [0.29, 0.717) is 28.0 Å². The fraction of sp³-hybridized carbons (Fsp3) is 0.158. The Morgan fingerprint density at radius 2 is 1.96 bits per heavy atom. The number of methoxy groups -OCH3 is 2. The lowest BCUT2D eigenvalue weighted by Gasteiger charge is -2.25. The maximum absolute atomic E-state index is 14.6. The van der Waals surface area contributed by atoms with Gasteiger partial charge in [-0.15, -0.1) is 0 Å². The summed E-state index contributed by atoms with van der Waals surface area (Å²) in [5.74, 6) is 1.30. The zero-order valence-corrected chi connectivity index (χ0v) is 15.4. The molecule has 1 aliphatic rings. The molecule has 1 atom stereocenters. The molecule has 2 heterocycles. The van der Waals surface area contributed by atoms with Crippen molar-refractivity contribution in [3.05, 3.63) is 70.8 Å². The van der Waals surface area contributed by atoms with Gasteiger partial charge in [-0.2, -0.15) is 10.1 Å². The number of aromatic nitrogens is 3. The number of nitrogens with one attached hydrogen (secondary N) is 1. The van der Waals surface area contributed by atoms with Crippen molar-refractivity contribution < 1.29 is 13.9 Å². The zero-order chi connectivity index (χ0) is 19.0. The summed E-state index contributed by atoms with van der Waals surface area (Å²) >= 11 is 6.29. The number of halogens is 2. The van der Waals surface area contributed by atoms with Gasteiger partial charge in [-0.1, -0.05) is 17.7 Å². The van der Waals surface area contributed by atoms with Gasteiger partial charge in [0, 0.05) is 21.8 Å². The van der Waals surface area contributed by atoms with E-state index in [1.54, 1.807) is 37.1 Å². The van der Waals surface area contributed by atoms with Gasteiger partial charge in [-0.25, -0.2) is 9.07 Å². The third-order valence-electron chi connectivity index (χ3n) is 4.40. The van der Waals surface area contributed by atoms with Crippen LogP contribution in [0.3, 0.4) is 0 Å². The van der Waals surface area contributed by atoms with E-state index in [0.717, 1.165) is 11.3 Å². The molecule has 0 radical (unpaired) electrons. The van der Waals surface area contributed by atoms with Crippen LogP contribution in [-0.2, 0) is 0 Å². The molecular formula is C19H16ClFN4O2. The smallest absolute Gasteiger partial charge is 0.226 e. The van der Waals surface area contributed by atoms with Crippen LogP contribution in [0.25, 0.3) is 5.70 Å². The van der Waals surface area contributed by atoms with Gasteiger partial charge in [0.1, 0.15) is 18.2 Å². The second-order valence-electron chi connectivity index (χ2n) is 5.88. The van der Waals surface area contributed by atoms with Gasteiger partial charge in [-0.3, -0.25) is 0 Å². The third-order valence-corrected chi connectivity index (χ3v) is 4.73. The Bertz CT molecular complexity index is 1010. The van der Waals surface area contributed by atoms with E-state index in [1.807, 2.05) is 18.2 Å². The van der Waals surface area contributed by atoms with Crippen LogP contribution in [0.1, 0.15) is 17.2 Å². The van der Waals surface area contributed by atoms with Gasteiger partial charge in [0.05, 0.1) is 14.2 Å². The molecule has 138 valence electrons. The first-order valence-corrected chi connectivity index (χ1v) is 8.55. The summed E-state index contributed by atoms with van der Waals surface area (Å²) in [4.78, 5) is 4.22. The van der Waals surface area contributed by atoms with Crippen LogP contribution in [-0.4, -0.2) is 29.0 Å². The van der Waals surface area contributed by atoms with Crippen molar-refractivity contribution in [2.75, 3.05) is 19.5 Å². The highest BCUT2D eigenvalue weighted by atomic mass is 35.5. The molecule has 0 aliphatic carbocycles. The molecular weight excluding hydrogens is 371 g/mol. The van der Waals surface area contributed by atoms with Crippen LogP contribution in [0.4, 0.5) is 10.3 Å². The lowest BCUT2D eigenvalue weighted by atomic mass is 10.0. The molecule has 0 saturated carbocycles. The molecule has 8 heteroatoms. The summed E-state index contributed by atoms with van der Waals surface area (Å²) in [6.45, 7) is 0. The highest BCUT2D eigenvalue weighted by Gasteiger charge is 2.27. The second kappa shape index (κ2) is 6.92. The maximum Gasteiger partial charge on any atom is 0.226 e. The summed E-state index contributed by atoms with van der Waals surface area (Å²) in [6, 6.07) is 9.59. The molecule has 27 heavy (non-hydrogen) atoms. The number of hydrogen-bond donors (Lipinski definition) is 1. The van der Waals surface area contributed by atoms with E-state index >= 15 is 0 Å². The predicted molar refractivity (Wildman–Crippen MR) is 101 cm³/mol. The van der Waals surface area contributed by atoms with E-state index in [9.17, 15) is 4.39 Å². The summed E-state index contributed by atoms with van der Waals surface area (Å²) in [5, 5.41) is 7.75. The Morgan fingerprint density at radius 3 is 2.70 bits per heavy atom. The maximum atomic E-state index is 14.6. The van der Waals surface area contributed by atoms with Crippen LogP contribution in [0.5, 0.6) is 11.5 Å². The van der Waals surface area contributed by atoms with Gasteiger partial charge in [0.2, 0.25) is 5.95 Å². The predicted octanol–water partition coefficient (Wildman–Crippen LogP) is 4.14. The molecule has 4 rings (SSSR count). The molecule has 0 amide bonds. The standard InChI is InChI=1S/C19H16ClFN4O2/c1-26-16-7-6-11(8-17(16)27-2)14-9-15(25-19(24-14)22-10-23-25)18-12(20)4-3-5-13(18)21/h3-10,15H,1-2H3,(H,22,23,24). The average Bonchev–Trinajstić information content (AvgIpc) is 3.16. The Balaban J connectivity index is 1.85. The molecule has 6 nitrogen and oxygen atoms in total. The Morgan fingerprint density at radius 1 is 1.15 bits per heavy atom. The van der Waals surface area contributed by atoms with Crippen molar-refractivity contribution in [2.45, 2.75) is 6.04 Å². The minimum atomic E-state index is -0.541. The first-order valence-electron chi connectivity index (χ1n) is 8.17. The highest BCUT2D eigenvalue weighted by molar-refractivity contribution is 6.31. The lowest BCUT2D eigenvalue weighted by molar-refractivity contribution is 0.355. The summed E-state index contributed by atoms with van der Waals surface area (Å²) in [6.07, 6.45) is 3.27. The first kappa shape index (κ1) is 17.4. The molecule has 1 aromatic heterocycles. The van der Waals surface area contributed by atoms with Gasteiger partial charge in [0.25, 0.3) is 0 Å². The lowest BCUT2D eigenvalue weighted by Crippen LogP contribution is -2.21. The van der Waals surface area contributed by atoms with E-state index in [1.165, 1.54) is 12.4 Å². The summed E-state index contributed by atoms with van der Waals surface area (Å²) in [5.41, 5.74) is 1.91. The Labute approximate surface area is 160 Å². The van der Waals surface area contributed by atoms with Crippen molar-refractivity contribution in [1.82, 2.24) is 14.8 Å². The number of ether oxygens (including phenoxy) is 2. The number of nitrogens with zero attached hydrogens (tertiary/aromatic N) is 3. The first-order chi connectivity index (χ1) is 13.1. The van der Waals surface area contributed by atoms with E-state index in [-0.39, 0.29) is 0 Å². The minimum Gasteiger partial charge on any atom is -0.493 e. The molecule has 1 N–H and O–H groups in total. The second-order valence-corrected chi connectivity index (χ2v) is 6.29. The van der Waals surface area contributed by atoms with Gasteiger partial charge in [-0.05, 0) is 36.4 Å².